The van der Waals surface area contributed by atoms with Crippen LogP contribution < -0.4 is 20.5 Å². The smallest absolute Gasteiger partial charge is 0.244 e. The summed E-state index contributed by atoms with van der Waals surface area (Å²) in [5, 5.41) is 3.11. The van der Waals surface area contributed by atoms with E-state index in [2.05, 4.69) is 5.32 Å². The largest absolute Gasteiger partial charge is 0.497 e. The second-order valence-corrected chi connectivity index (χ2v) is 4.46. The Morgan fingerprint density at radius 1 is 1.10 bits per heavy atom. The summed E-state index contributed by atoms with van der Waals surface area (Å²) in [6.07, 6.45) is 0. The number of nitrogens with one attached hydrogen (secondary N) is 1. The molecule has 0 aliphatic rings. The lowest BCUT2D eigenvalue weighted by Gasteiger charge is -2.19. The predicted octanol–water partition coefficient (Wildman–Crippen LogP) is 2.34. The summed E-state index contributed by atoms with van der Waals surface area (Å²) >= 11 is 0. The van der Waals surface area contributed by atoms with E-state index < -0.39 is 11.9 Å². The summed E-state index contributed by atoms with van der Waals surface area (Å²) in [6.45, 7) is 0. The van der Waals surface area contributed by atoms with Crippen LogP contribution in [-0.4, -0.2) is 20.1 Å². The van der Waals surface area contributed by atoms with Crippen LogP contribution in [0.25, 0.3) is 0 Å². The number of anilines is 1. The number of primary amides is 1. The average Bonchev–Trinajstić information content (AvgIpc) is 2.52. The predicted molar refractivity (Wildman–Crippen MR) is 81.5 cm³/mol. The molecule has 0 fully saturated rings. The van der Waals surface area contributed by atoms with Crippen molar-refractivity contribution >= 4 is 11.6 Å². The first-order valence-corrected chi connectivity index (χ1v) is 6.48. The number of hydrogen-bond acceptors (Lipinski definition) is 4. The van der Waals surface area contributed by atoms with Gasteiger partial charge in [0, 0.05) is 0 Å². The lowest BCUT2D eigenvalue weighted by atomic mass is 10.1. The molecule has 5 nitrogen and oxygen atoms in total. The molecule has 0 saturated heterocycles. The fourth-order valence-corrected chi connectivity index (χ4v) is 2.06. The summed E-state index contributed by atoms with van der Waals surface area (Å²) in [4.78, 5) is 11.8. The van der Waals surface area contributed by atoms with E-state index in [0.29, 0.717) is 17.2 Å². The molecule has 5 heteroatoms. The van der Waals surface area contributed by atoms with Gasteiger partial charge < -0.3 is 20.5 Å². The standard InChI is InChI=1S/C16H18N2O3/c1-20-12-7-5-6-11(10-12)15(16(17)19)18-13-8-3-4-9-14(13)21-2/h3-10,15,18H,1-2H3,(H2,17,19). The number of methoxy groups -OCH3 is 2. The van der Waals surface area contributed by atoms with Gasteiger partial charge >= 0.3 is 0 Å². The fraction of sp³-hybridized carbons (Fsp3) is 0.188. The molecule has 110 valence electrons. The Balaban J connectivity index is 2.33. The van der Waals surface area contributed by atoms with E-state index in [1.54, 1.807) is 20.3 Å². The van der Waals surface area contributed by atoms with Crippen molar-refractivity contribution in [2.75, 3.05) is 19.5 Å². The molecule has 3 N–H and O–H groups in total. The van der Waals surface area contributed by atoms with Crippen LogP contribution in [0, 0.1) is 0 Å². The highest BCUT2D eigenvalue weighted by atomic mass is 16.5. The number of amides is 1. The van der Waals surface area contributed by atoms with Crippen molar-refractivity contribution in [3.8, 4) is 11.5 Å². The average molecular weight is 286 g/mol. The Morgan fingerprint density at radius 2 is 1.86 bits per heavy atom. The van der Waals surface area contributed by atoms with Gasteiger partial charge in [0.25, 0.3) is 0 Å². The summed E-state index contributed by atoms with van der Waals surface area (Å²) in [7, 11) is 3.15. The molecule has 0 radical (unpaired) electrons. The van der Waals surface area contributed by atoms with Crippen LogP contribution >= 0.6 is 0 Å². The Morgan fingerprint density at radius 3 is 2.52 bits per heavy atom. The van der Waals surface area contributed by atoms with Crippen molar-refractivity contribution < 1.29 is 14.3 Å². The van der Waals surface area contributed by atoms with Crippen LogP contribution in [0.1, 0.15) is 11.6 Å². The van der Waals surface area contributed by atoms with E-state index in [-0.39, 0.29) is 0 Å². The number of ether oxygens (including phenoxy) is 2. The van der Waals surface area contributed by atoms with Gasteiger partial charge in [-0.25, -0.2) is 0 Å². The molecule has 0 saturated carbocycles. The van der Waals surface area contributed by atoms with Crippen molar-refractivity contribution in [3.05, 3.63) is 54.1 Å². The van der Waals surface area contributed by atoms with Crippen molar-refractivity contribution in [2.45, 2.75) is 6.04 Å². The lowest BCUT2D eigenvalue weighted by Crippen LogP contribution is -2.27. The Kier molecular flexibility index (Phi) is 4.66. The molecule has 0 bridgehead atoms. The molecule has 2 rings (SSSR count). The van der Waals surface area contributed by atoms with Gasteiger partial charge in [0.05, 0.1) is 19.9 Å². The Labute approximate surface area is 123 Å². The number of para-hydroxylation sites is 2. The van der Waals surface area contributed by atoms with Crippen molar-refractivity contribution in [1.29, 1.82) is 0 Å². The number of carbonyl (C=O) groups excluding carboxylic acids is 1. The summed E-state index contributed by atoms with van der Waals surface area (Å²) in [5.74, 6) is 0.835. The lowest BCUT2D eigenvalue weighted by molar-refractivity contribution is -0.118. The fourth-order valence-electron chi connectivity index (χ4n) is 2.06. The second-order valence-electron chi connectivity index (χ2n) is 4.46. The van der Waals surface area contributed by atoms with Gasteiger partial charge in [-0.3, -0.25) is 4.79 Å². The van der Waals surface area contributed by atoms with E-state index >= 15 is 0 Å². The normalized spacial score (nSPS) is 11.5. The SMILES string of the molecule is COc1cccc(C(Nc2ccccc2OC)C(N)=O)c1. The van der Waals surface area contributed by atoms with Gasteiger partial charge in [-0.2, -0.15) is 0 Å². The number of nitrogens with two attached hydrogens (primary N) is 1. The highest BCUT2D eigenvalue weighted by Gasteiger charge is 2.19. The minimum Gasteiger partial charge on any atom is -0.497 e. The Bertz CT molecular complexity index is 628. The summed E-state index contributed by atoms with van der Waals surface area (Å²) in [5.41, 5.74) is 6.95. The molecule has 0 spiro atoms. The summed E-state index contributed by atoms with van der Waals surface area (Å²) in [6, 6.07) is 13.9. The molecule has 0 aliphatic carbocycles. The van der Waals surface area contributed by atoms with Crippen molar-refractivity contribution in [1.82, 2.24) is 0 Å². The maximum atomic E-state index is 11.8. The third-order valence-corrected chi connectivity index (χ3v) is 3.12. The number of rotatable bonds is 6. The van der Waals surface area contributed by atoms with E-state index in [0.717, 1.165) is 5.56 Å². The zero-order chi connectivity index (χ0) is 15.2. The number of carbonyl (C=O) groups is 1. The molecule has 21 heavy (non-hydrogen) atoms. The van der Waals surface area contributed by atoms with Gasteiger partial charge in [-0.15, -0.1) is 0 Å². The number of hydrogen-bond donors (Lipinski definition) is 2. The van der Waals surface area contributed by atoms with E-state index in [9.17, 15) is 4.79 Å². The first kappa shape index (κ1) is 14.7. The van der Waals surface area contributed by atoms with Crippen LogP contribution in [0.5, 0.6) is 11.5 Å². The monoisotopic (exact) mass is 286 g/mol. The molecule has 1 unspecified atom stereocenters. The van der Waals surface area contributed by atoms with Crippen molar-refractivity contribution in [2.24, 2.45) is 5.73 Å². The molecule has 2 aromatic carbocycles. The maximum absolute atomic E-state index is 11.8. The third kappa shape index (κ3) is 3.45. The Hall–Kier alpha value is -2.69. The number of benzene rings is 2. The van der Waals surface area contributed by atoms with Gasteiger partial charge in [0.15, 0.2) is 0 Å². The molecular weight excluding hydrogens is 268 g/mol. The topological polar surface area (TPSA) is 73.6 Å². The molecule has 0 aromatic heterocycles. The van der Waals surface area contributed by atoms with E-state index in [1.807, 2.05) is 42.5 Å². The zero-order valence-corrected chi connectivity index (χ0v) is 12.0. The van der Waals surface area contributed by atoms with Gasteiger partial charge in [-0.1, -0.05) is 24.3 Å². The summed E-state index contributed by atoms with van der Waals surface area (Å²) < 4.78 is 10.4. The molecular formula is C16H18N2O3. The van der Waals surface area contributed by atoms with Gasteiger partial charge in [0.1, 0.15) is 17.5 Å². The first-order chi connectivity index (χ1) is 10.2. The van der Waals surface area contributed by atoms with E-state index in [4.69, 9.17) is 15.2 Å². The minimum atomic E-state index is -0.670. The van der Waals surface area contributed by atoms with Gasteiger partial charge in [-0.05, 0) is 29.8 Å². The molecule has 1 atom stereocenters. The van der Waals surface area contributed by atoms with Crippen LogP contribution in [0.3, 0.4) is 0 Å². The third-order valence-electron chi connectivity index (χ3n) is 3.12. The highest BCUT2D eigenvalue weighted by molar-refractivity contribution is 5.85. The van der Waals surface area contributed by atoms with Crippen LogP contribution in [0.15, 0.2) is 48.5 Å². The molecule has 0 heterocycles. The van der Waals surface area contributed by atoms with E-state index in [1.165, 1.54) is 0 Å². The molecule has 1 amide bonds. The van der Waals surface area contributed by atoms with Crippen LogP contribution in [0.4, 0.5) is 5.69 Å². The minimum absolute atomic E-state index is 0.478. The zero-order valence-electron chi connectivity index (χ0n) is 12.0. The van der Waals surface area contributed by atoms with Crippen molar-refractivity contribution in [3.63, 3.8) is 0 Å². The maximum Gasteiger partial charge on any atom is 0.244 e. The first-order valence-electron chi connectivity index (χ1n) is 6.48. The molecule has 0 aliphatic heterocycles. The second kappa shape index (κ2) is 6.65. The quantitative estimate of drug-likeness (QED) is 0.855. The highest BCUT2D eigenvalue weighted by Crippen LogP contribution is 2.28. The van der Waals surface area contributed by atoms with Crippen LogP contribution in [-0.2, 0) is 4.79 Å². The van der Waals surface area contributed by atoms with Crippen LogP contribution in [0.2, 0.25) is 0 Å². The van der Waals surface area contributed by atoms with Gasteiger partial charge in [0.2, 0.25) is 5.91 Å². The molecule has 2 aromatic rings.